The first-order valence-electron chi connectivity index (χ1n) is 6.63. The summed E-state index contributed by atoms with van der Waals surface area (Å²) in [6.07, 6.45) is 3.07. The first kappa shape index (κ1) is 16.6. The molecular formula is C13H24N2O2S2. The predicted molar refractivity (Wildman–Crippen MR) is 81.2 cm³/mol. The van der Waals surface area contributed by atoms with Crippen molar-refractivity contribution in [3.63, 3.8) is 0 Å². The summed E-state index contributed by atoms with van der Waals surface area (Å²) in [7, 11) is 0.196. The number of thiophene rings is 1. The summed E-state index contributed by atoms with van der Waals surface area (Å²) in [5.41, 5.74) is 0. The molecule has 0 amide bonds. The molecule has 0 aromatic carbocycles. The van der Waals surface area contributed by atoms with Crippen molar-refractivity contribution in [2.45, 2.75) is 44.6 Å². The van der Waals surface area contributed by atoms with Crippen molar-refractivity contribution in [2.24, 2.45) is 0 Å². The van der Waals surface area contributed by atoms with Gasteiger partial charge in [0, 0.05) is 29.9 Å². The molecule has 0 spiro atoms. The van der Waals surface area contributed by atoms with Gasteiger partial charge in [-0.3, -0.25) is 0 Å². The van der Waals surface area contributed by atoms with Gasteiger partial charge in [-0.1, -0.05) is 19.8 Å². The predicted octanol–water partition coefficient (Wildman–Crippen LogP) is 2.59. The molecule has 0 fully saturated rings. The van der Waals surface area contributed by atoms with Crippen molar-refractivity contribution in [3.8, 4) is 0 Å². The Kier molecular flexibility index (Phi) is 6.46. The Bertz CT molecular complexity index is 495. The minimum atomic E-state index is -3.33. The average molecular weight is 304 g/mol. The third-order valence-corrected chi connectivity index (χ3v) is 6.20. The zero-order valence-electron chi connectivity index (χ0n) is 12.2. The van der Waals surface area contributed by atoms with Gasteiger partial charge < -0.3 is 5.32 Å². The maximum absolute atomic E-state index is 12.5. The smallest absolute Gasteiger partial charge is 0.243 e. The van der Waals surface area contributed by atoms with Crippen LogP contribution in [0.4, 0.5) is 0 Å². The van der Waals surface area contributed by atoms with E-state index >= 15 is 0 Å². The van der Waals surface area contributed by atoms with Gasteiger partial charge >= 0.3 is 0 Å². The number of nitrogens with one attached hydrogen (secondary N) is 1. The van der Waals surface area contributed by atoms with Crippen molar-refractivity contribution >= 4 is 21.4 Å². The van der Waals surface area contributed by atoms with E-state index in [9.17, 15) is 8.42 Å². The summed E-state index contributed by atoms with van der Waals surface area (Å²) in [5, 5.41) is 3.05. The first-order chi connectivity index (χ1) is 8.93. The minimum absolute atomic E-state index is 0.460. The van der Waals surface area contributed by atoms with Gasteiger partial charge in [0.05, 0.1) is 4.90 Å². The molecule has 1 rings (SSSR count). The molecule has 4 nitrogen and oxygen atoms in total. The van der Waals surface area contributed by atoms with Crippen molar-refractivity contribution in [3.05, 3.63) is 15.8 Å². The highest BCUT2D eigenvalue weighted by molar-refractivity contribution is 7.89. The van der Waals surface area contributed by atoms with Gasteiger partial charge in [0.15, 0.2) is 0 Å². The van der Waals surface area contributed by atoms with Gasteiger partial charge in [-0.15, -0.1) is 11.3 Å². The van der Waals surface area contributed by atoms with Gasteiger partial charge in [0.1, 0.15) is 0 Å². The monoisotopic (exact) mass is 304 g/mol. The lowest BCUT2D eigenvalue weighted by Crippen LogP contribution is -2.28. The van der Waals surface area contributed by atoms with Crippen LogP contribution in [0, 0.1) is 6.92 Å². The van der Waals surface area contributed by atoms with E-state index in [-0.39, 0.29) is 0 Å². The van der Waals surface area contributed by atoms with E-state index in [1.807, 2.05) is 14.0 Å². The third kappa shape index (κ3) is 4.27. The van der Waals surface area contributed by atoms with Crippen LogP contribution < -0.4 is 5.32 Å². The quantitative estimate of drug-likeness (QED) is 0.751. The van der Waals surface area contributed by atoms with E-state index in [0.29, 0.717) is 18.0 Å². The number of hydrogen-bond acceptors (Lipinski definition) is 4. The number of aryl methyl sites for hydroxylation is 1. The number of unbranched alkanes of at least 4 members (excludes halogenated alkanes) is 2. The van der Waals surface area contributed by atoms with E-state index in [1.165, 1.54) is 4.31 Å². The number of sulfonamides is 1. The van der Waals surface area contributed by atoms with Crippen LogP contribution >= 0.6 is 11.3 Å². The molecule has 0 unspecified atom stereocenters. The summed E-state index contributed by atoms with van der Waals surface area (Å²) in [4.78, 5) is 2.38. The Hall–Kier alpha value is -0.430. The summed E-state index contributed by atoms with van der Waals surface area (Å²) in [6.45, 7) is 5.28. The van der Waals surface area contributed by atoms with Crippen LogP contribution in [-0.4, -0.2) is 33.4 Å². The second kappa shape index (κ2) is 7.38. The van der Waals surface area contributed by atoms with Crippen LogP contribution in [0.5, 0.6) is 0 Å². The Labute approximate surface area is 120 Å². The standard InChI is InChI=1S/C13H24N2O2S2/c1-5-6-7-8-15(4)19(16,17)13-9-12(10-14-3)18-11(13)2/h9,14H,5-8,10H2,1-4H3. The third-order valence-electron chi connectivity index (χ3n) is 3.04. The van der Waals surface area contributed by atoms with Crippen molar-refractivity contribution in [1.29, 1.82) is 0 Å². The van der Waals surface area contributed by atoms with Crippen LogP contribution in [0.2, 0.25) is 0 Å². The highest BCUT2D eigenvalue weighted by Crippen LogP contribution is 2.27. The average Bonchev–Trinajstić information content (AvgIpc) is 2.71. The van der Waals surface area contributed by atoms with Crippen molar-refractivity contribution in [2.75, 3.05) is 20.6 Å². The second-order valence-corrected chi connectivity index (χ2v) is 8.05. The summed E-state index contributed by atoms with van der Waals surface area (Å²) < 4.78 is 26.4. The fourth-order valence-corrected chi connectivity index (χ4v) is 4.74. The molecule has 1 N–H and O–H groups in total. The van der Waals surface area contributed by atoms with Gasteiger partial charge in [-0.25, -0.2) is 12.7 Å². The Morgan fingerprint density at radius 2 is 2.05 bits per heavy atom. The van der Waals surface area contributed by atoms with Gasteiger partial charge in [-0.05, 0) is 26.5 Å². The fraction of sp³-hybridized carbons (Fsp3) is 0.692. The van der Waals surface area contributed by atoms with E-state index in [2.05, 4.69) is 12.2 Å². The number of hydrogen-bond donors (Lipinski definition) is 1. The lowest BCUT2D eigenvalue weighted by atomic mass is 10.2. The van der Waals surface area contributed by atoms with Crippen molar-refractivity contribution < 1.29 is 8.42 Å². The summed E-state index contributed by atoms with van der Waals surface area (Å²) >= 11 is 1.54. The lowest BCUT2D eigenvalue weighted by Gasteiger charge is -2.16. The molecule has 0 bridgehead atoms. The normalized spacial score (nSPS) is 12.3. The maximum Gasteiger partial charge on any atom is 0.243 e. The second-order valence-electron chi connectivity index (χ2n) is 4.70. The molecule has 6 heteroatoms. The first-order valence-corrected chi connectivity index (χ1v) is 8.89. The molecule has 0 saturated carbocycles. The topological polar surface area (TPSA) is 49.4 Å². The lowest BCUT2D eigenvalue weighted by molar-refractivity contribution is 0.454. The van der Waals surface area contributed by atoms with Crippen LogP contribution in [0.25, 0.3) is 0 Å². The molecule has 0 saturated heterocycles. The van der Waals surface area contributed by atoms with Crippen LogP contribution in [-0.2, 0) is 16.6 Å². The Balaban J connectivity index is 2.86. The van der Waals surface area contributed by atoms with E-state index < -0.39 is 10.0 Å². The van der Waals surface area contributed by atoms with E-state index in [4.69, 9.17) is 0 Å². The van der Waals surface area contributed by atoms with Gasteiger partial charge in [-0.2, -0.15) is 0 Å². The van der Waals surface area contributed by atoms with Crippen molar-refractivity contribution in [1.82, 2.24) is 9.62 Å². The zero-order valence-corrected chi connectivity index (χ0v) is 13.8. The van der Waals surface area contributed by atoms with Crippen LogP contribution in [0.3, 0.4) is 0 Å². The molecule has 0 aliphatic heterocycles. The largest absolute Gasteiger partial charge is 0.315 e. The minimum Gasteiger partial charge on any atom is -0.315 e. The SMILES string of the molecule is CCCCCN(C)S(=O)(=O)c1cc(CNC)sc1C. The number of nitrogens with zero attached hydrogens (tertiary/aromatic N) is 1. The van der Waals surface area contributed by atoms with Crippen LogP contribution in [0.1, 0.15) is 35.9 Å². The molecule has 1 heterocycles. The molecule has 110 valence electrons. The highest BCUT2D eigenvalue weighted by atomic mass is 32.2. The maximum atomic E-state index is 12.5. The molecule has 0 aliphatic rings. The fourth-order valence-electron chi connectivity index (χ4n) is 1.91. The van der Waals surface area contributed by atoms with Gasteiger partial charge in [0.25, 0.3) is 0 Å². The Morgan fingerprint density at radius 1 is 1.37 bits per heavy atom. The number of rotatable bonds is 8. The molecule has 0 atom stereocenters. The molecule has 19 heavy (non-hydrogen) atoms. The molecule has 1 aromatic heterocycles. The molecular weight excluding hydrogens is 280 g/mol. The molecule has 1 aromatic rings. The highest BCUT2D eigenvalue weighted by Gasteiger charge is 2.24. The van der Waals surface area contributed by atoms with E-state index in [1.54, 1.807) is 24.5 Å². The zero-order chi connectivity index (χ0) is 14.5. The summed E-state index contributed by atoms with van der Waals surface area (Å²) in [6, 6.07) is 1.79. The molecule has 0 aliphatic carbocycles. The molecule has 0 radical (unpaired) electrons. The van der Waals surface area contributed by atoms with Crippen LogP contribution in [0.15, 0.2) is 11.0 Å². The Morgan fingerprint density at radius 3 is 2.63 bits per heavy atom. The van der Waals surface area contributed by atoms with Gasteiger partial charge in [0.2, 0.25) is 10.0 Å². The summed E-state index contributed by atoms with van der Waals surface area (Å²) in [5.74, 6) is 0. The van der Waals surface area contributed by atoms with E-state index in [0.717, 1.165) is 29.0 Å².